The van der Waals surface area contributed by atoms with Crippen molar-refractivity contribution in [1.82, 2.24) is 0 Å². The van der Waals surface area contributed by atoms with Gasteiger partial charge in [-0.15, -0.1) is 0 Å². The number of rotatable bonds is 11. The van der Waals surface area contributed by atoms with Gasteiger partial charge in [0, 0.05) is 39.9 Å². The quantitative estimate of drug-likeness (QED) is 0.261. The SMILES string of the molecule is CO[C@H]1OC2COC(c3ccccc3)O[C@H]2C(OCc2ccccc2)C1O[C@@H]1C[C@@H](OC(C)=O)[C@@H](OC(C)=O)C(COC(C)=O)O1. The highest BCUT2D eigenvalue weighted by Gasteiger charge is 2.54. The smallest absolute Gasteiger partial charge is 0.303 e. The summed E-state index contributed by atoms with van der Waals surface area (Å²) in [4.78, 5) is 35.7. The number of carbonyl (C=O) groups is 3. The second-order valence-electron chi connectivity index (χ2n) is 11.2. The van der Waals surface area contributed by atoms with E-state index in [1.807, 2.05) is 60.7 Å². The molecule has 0 bridgehead atoms. The molecule has 0 N–H and O–H groups in total. The van der Waals surface area contributed by atoms with Gasteiger partial charge in [-0.1, -0.05) is 60.7 Å². The zero-order chi connectivity index (χ0) is 32.6. The van der Waals surface area contributed by atoms with Crippen LogP contribution in [0.3, 0.4) is 0 Å². The van der Waals surface area contributed by atoms with Gasteiger partial charge in [0.25, 0.3) is 0 Å². The van der Waals surface area contributed by atoms with Crippen LogP contribution in [-0.2, 0) is 68.4 Å². The Kier molecular flexibility index (Phi) is 11.7. The number of carbonyl (C=O) groups excluding carboxylic acids is 3. The molecule has 5 rings (SSSR count). The number of methoxy groups -OCH3 is 1. The fourth-order valence-electron chi connectivity index (χ4n) is 5.78. The maximum atomic E-state index is 12.1. The number of ether oxygens (including phenoxy) is 10. The lowest BCUT2D eigenvalue weighted by atomic mass is 9.96. The zero-order valence-electron chi connectivity index (χ0n) is 26.2. The van der Waals surface area contributed by atoms with Gasteiger partial charge in [-0.2, -0.15) is 0 Å². The van der Waals surface area contributed by atoms with Gasteiger partial charge >= 0.3 is 17.9 Å². The highest BCUT2D eigenvalue weighted by atomic mass is 16.8. The first-order valence-electron chi connectivity index (χ1n) is 15.2. The summed E-state index contributed by atoms with van der Waals surface area (Å²) in [7, 11) is 1.48. The molecule has 0 aromatic heterocycles. The molecule has 5 unspecified atom stereocenters. The van der Waals surface area contributed by atoms with Gasteiger partial charge in [0.05, 0.1) is 13.2 Å². The molecular weight excluding hydrogens is 604 g/mol. The van der Waals surface area contributed by atoms with E-state index in [1.54, 1.807) is 0 Å². The average Bonchev–Trinajstić information content (AvgIpc) is 3.04. The summed E-state index contributed by atoms with van der Waals surface area (Å²) in [5.41, 5.74) is 1.76. The van der Waals surface area contributed by atoms with Gasteiger partial charge in [0.15, 0.2) is 25.0 Å². The summed E-state index contributed by atoms with van der Waals surface area (Å²) in [5, 5.41) is 0. The van der Waals surface area contributed by atoms with Crippen LogP contribution >= 0.6 is 0 Å². The minimum Gasteiger partial charge on any atom is -0.463 e. The zero-order valence-corrected chi connectivity index (χ0v) is 26.2. The van der Waals surface area contributed by atoms with E-state index < -0.39 is 79.5 Å². The van der Waals surface area contributed by atoms with Crippen LogP contribution in [0.15, 0.2) is 60.7 Å². The second-order valence-corrected chi connectivity index (χ2v) is 11.2. The molecule has 2 aromatic carbocycles. The highest BCUT2D eigenvalue weighted by molar-refractivity contribution is 5.67. The number of benzene rings is 2. The monoisotopic (exact) mass is 644 g/mol. The van der Waals surface area contributed by atoms with Crippen LogP contribution in [0, 0.1) is 0 Å². The molecule has 3 aliphatic heterocycles. The van der Waals surface area contributed by atoms with Crippen molar-refractivity contribution in [2.24, 2.45) is 0 Å². The molecule has 10 atom stereocenters. The summed E-state index contributed by atoms with van der Waals surface area (Å²) in [6, 6.07) is 19.2. The fraction of sp³-hybridized carbons (Fsp3) is 0.545. The normalized spacial score (nSPS) is 32.5. The lowest BCUT2D eigenvalue weighted by Gasteiger charge is -2.50. The van der Waals surface area contributed by atoms with Crippen molar-refractivity contribution in [2.75, 3.05) is 20.3 Å². The van der Waals surface area contributed by atoms with E-state index in [2.05, 4.69) is 0 Å². The predicted octanol–water partition coefficient (Wildman–Crippen LogP) is 2.98. The Labute approximate surface area is 267 Å². The van der Waals surface area contributed by atoms with E-state index >= 15 is 0 Å². The number of hydrogen-bond acceptors (Lipinski definition) is 13. The molecule has 3 aliphatic rings. The van der Waals surface area contributed by atoms with Crippen LogP contribution in [-0.4, -0.2) is 93.5 Å². The molecule has 0 spiro atoms. The standard InChI is InChI=1S/C33H40O13/c1-19(34)38-17-25-28(42-21(3)36)24(41-20(2)35)15-27(43-25)45-31-30(39-16-22-11-7-5-8-12-22)29-26(44-33(31)37-4)18-40-32(46-29)23-13-9-6-10-14-23/h5-14,24-33H,15-18H2,1-4H3/t24-,25?,26?,27-,28-,29-,30?,31?,32?,33+/m1/s1. The van der Waals surface area contributed by atoms with Crippen molar-refractivity contribution in [1.29, 1.82) is 0 Å². The lowest BCUT2D eigenvalue weighted by molar-refractivity contribution is -0.387. The Bertz CT molecular complexity index is 1290. The first kappa shape index (κ1) is 33.9. The second kappa shape index (κ2) is 15.9. The predicted molar refractivity (Wildman–Crippen MR) is 157 cm³/mol. The molecule has 0 radical (unpaired) electrons. The summed E-state index contributed by atoms with van der Waals surface area (Å²) in [5.74, 6) is -1.79. The maximum Gasteiger partial charge on any atom is 0.303 e. The molecule has 0 amide bonds. The largest absolute Gasteiger partial charge is 0.463 e. The third kappa shape index (κ3) is 8.68. The van der Waals surface area contributed by atoms with Crippen LogP contribution in [0.5, 0.6) is 0 Å². The first-order valence-corrected chi connectivity index (χ1v) is 15.2. The van der Waals surface area contributed by atoms with Crippen molar-refractivity contribution in [3.63, 3.8) is 0 Å². The molecule has 250 valence electrons. The molecular formula is C33H40O13. The van der Waals surface area contributed by atoms with Gasteiger partial charge in [-0.3, -0.25) is 14.4 Å². The molecule has 0 aliphatic carbocycles. The number of hydrogen-bond donors (Lipinski definition) is 0. The van der Waals surface area contributed by atoms with Crippen molar-refractivity contribution in [2.45, 2.75) is 95.4 Å². The minimum atomic E-state index is -1.05. The summed E-state index contributed by atoms with van der Waals surface area (Å²) in [6.45, 7) is 3.87. The minimum absolute atomic E-state index is 0.0167. The molecule has 3 fully saturated rings. The Morgan fingerprint density at radius 1 is 0.804 bits per heavy atom. The third-order valence-corrected chi connectivity index (χ3v) is 7.74. The van der Waals surface area contributed by atoms with Crippen LogP contribution in [0.4, 0.5) is 0 Å². The summed E-state index contributed by atoms with van der Waals surface area (Å²) in [6.07, 6.45) is -8.55. The lowest BCUT2D eigenvalue weighted by Crippen LogP contribution is -2.65. The van der Waals surface area contributed by atoms with E-state index in [0.717, 1.165) is 11.1 Å². The molecule has 3 saturated heterocycles. The van der Waals surface area contributed by atoms with Gasteiger partial charge < -0.3 is 47.4 Å². The van der Waals surface area contributed by atoms with Crippen molar-refractivity contribution >= 4 is 17.9 Å². The molecule has 2 aromatic rings. The maximum absolute atomic E-state index is 12.1. The topological polar surface area (TPSA) is 144 Å². The van der Waals surface area contributed by atoms with Crippen LogP contribution in [0.1, 0.15) is 44.6 Å². The Morgan fingerprint density at radius 3 is 2.15 bits per heavy atom. The van der Waals surface area contributed by atoms with E-state index in [1.165, 1.54) is 27.9 Å². The molecule has 13 heteroatoms. The van der Waals surface area contributed by atoms with E-state index in [4.69, 9.17) is 47.4 Å². The average molecular weight is 645 g/mol. The van der Waals surface area contributed by atoms with Crippen LogP contribution in [0.2, 0.25) is 0 Å². The van der Waals surface area contributed by atoms with E-state index in [-0.39, 0.29) is 26.2 Å². The van der Waals surface area contributed by atoms with Gasteiger partial charge in [0.1, 0.15) is 43.2 Å². The third-order valence-electron chi connectivity index (χ3n) is 7.74. The van der Waals surface area contributed by atoms with Crippen molar-refractivity contribution in [3.8, 4) is 0 Å². The van der Waals surface area contributed by atoms with E-state index in [0.29, 0.717) is 0 Å². The summed E-state index contributed by atoms with van der Waals surface area (Å²) >= 11 is 0. The fourth-order valence-corrected chi connectivity index (χ4v) is 5.78. The molecule has 46 heavy (non-hydrogen) atoms. The van der Waals surface area contributed by atoms with Crippen molar-refractivity contribution < 1.29 is 61.8 Å². The molecule has 3 heterocycles. The summed E-state index contributed by atoms with van der Waals surface area (Å²) < 4.78 is 60.0. The van der Waals surface area contributed by atoms with E-state index in [9.17, 15) is 14.4 Å². The van der Waals surface area contributed by atoms with Gasteiger partial charge in [-0.25, -0.2) is 0 Å². The Morgan fingerprint density at radius 2 is 1.50 bits per heavy atom. The van der Waals surface area contributed by atoms with Crippen LogP contribution < -0.4 is 0 Å². The Hall–Kier alpha value is -3.43. The molecule has 0 saturated carbocycles. The van der Waals surface area contributed by atoms with Crippen molar-refractivity contribution in [3.05, 3.63) is 71.8 Å². The van der Waals surface area contributed by atoms with Gasteiger partial charge in [-0.05, 0) is 5.56 Å². The number of esters is 3. The first-order chi connectivity index (χ1) is 22.2. The number of fused-ring (bicyclic) bond motifs is 1. The highest BCUT2D eigenvalue weighted by Crippen LogP contribution is 2.38. The Balaban J connectivity index is 1.42. The van der Waals surface area contributed by atoms with Crippen LogP contribution in [0.25, 0.3) is 0 Å². The molecule has 13 nitrogen and oxygen atoms in total. The van der Waals surface area contributed by atoms with Gasteiger partial charge in [0.2, 0.25) is 0 Å².